The van der Waals surface area contributed by atoms with E-state index in [1.54, 1.807) is 52.0 Å². The molecule has 2 amide bonds. The summed E-state index contributed by atoms with van der Waals surface area (Å²) >= 11 is 5.99. The molecule has 54 heavy (non-hydrogen) atoms. The van der Waals surface area contributed by atoms with Crippen LogP contribution < -0.4 is 10.6 Å². The molecule has 2 rings (SSSR count). The number of carboxylic acid groups (broad SMARTS) is 1. The van der Waals surface area contributed by atoms with E-state index < -0.39 is 71.4 Å². The zero-order valence-corrected chi connectivity index (χ0v) is 33.4. The van der Waals surface area contributed by atoms with Crippen LogP contribution in [0.5, 0.6) is 0 Å². The highest BCUT2D eigenvalue weighted by molar-refractivity contribution is 6.30. The number of ether oxygens (including phenoxy) is 1. The highest BCUT2D eigenvalue weighted by Gasteiger charge is 2.35. The van der Waals surface area contributed by atoms with Crippen LogP contribution in [-0.4, -0.2) is 69.8 Å². The molecule has 3 N–H and O–H groups in total. The Balaban J connectivity index is 2.10. The quantitative estimate of drug-likeness (QED) is 0.0729. The molecular formula is C42H57ClN2O9. The van der Waals surface area contributed by atoms with Gasteiger partial charge < -0.3 is 20.5 Å². The third-order valence-electron chi connectivity index (χ3n) is 8.96. The van der Waals surface area contributed by atoms with Crippen molar-refractivity contribution in [3.63, 3.8) is 0 Å². The molecule has 0 fully saturated rings. The fraction of sp³-hybridized carbons (Fsp3) is 0.548. The van der Waals surface area contributed by atoms with Crippen molar-refractivity contribution >= 4 is 52.5 Å². The average Bonchev–Trinajstić information content (AvgIpc) is 3.09. The molecule has 0 saturated heterocycles. The second-order valence-electron chi connectivity index (χ2n) is 15.1. The minimum atomic E-state index is -1.43. The lowest BCUT2D eigenvalue weighted by atomic mass is 9.91. The van der Waals surface area contributed by atoms with E-state index in [1.807, 2.05) is 31.2 Å². The summed E-state index contributed by atoms with van der Waals surface area (Å²) in [5.74, 6) is -5.43. The van der Waals surface area contributed by atoms with E-state index in [-0.39, 0.29) is 37.2 Å². The van der Waals surface area contributed by atoms with Crippen LogP contribution in [0.1, 0.15) is 123 Å². The number of Topliss-reactive ketones (excluding diaryl/α,β-unsaturated/α-hetero) is 4. The van der Waals surface area contributed by atoms with Crippen LogP contribution >= 0.6 is 11.6 Å². The van der Waals surface area contributed by atoms with Crippen LogP contribution in [0, 0.1) is 11.8 Å². The lowest BCUT2D eigenvalue weighted by Crippen LogP contribution is -2.53. The maximum absolute atomic E-state index is 13.8. The molecule has 0 aliphatic carbocycles. The maximum atomic E-state index is 13.8. The van der Waals surface area contributed by atoms with Crippen molar-refractivity contribution in [3.05, 3.63) is 59.1 Å². The van der Waals surface area contributed by atoms with Crippen molar-refractivity contribution in [2.75, 3.05) is 0 Å². The van der Waals surface area contributed by atoms with Crippen molar-refractivity contribution in [2.24, 2.45) is 11.8 Å². The minimum Gasteiger partial charge on any atom is -0.480 e. The normalized spacial score (nSPS) is 14.2. The molecule has 0 saturated carbocycles. The predicted molar refractivity (Wildman–Crippen MR) is 208 cm³/mol. The summed E-state index contributed by atoms with van der Waals surface area (Å²) in [7, 11) is 0. The van der Waals surface area contributed by atoms with E-state index in [4.69, 9.17) is 16.3 Å². The number of hydrogen-bond donors (Lipinski definition) is 3. The SMILES string of the molecule is CCCCC[C@H](CC(=O)CCCC(=O)c1ccc(-c2ccc(Cl)cc2)cc1)C(=O)N[C@H](C(=O)C[C@@H](C)C(=O)N[C@@H](CC(C)=O)C(=O)O)C(C)OC(C)(C)C. The number of unbranched alkanes of at least 4 members (excludes halogenated alkanes) is 2. The molecule has 0 aromatic heterocycles. The Morgan fingerprint density at radius 2 is 1.37 bits per heavy atom. The predicted octanol–water partition coefficient (Wildman–Crippen LogP) is 7.35. The van der Waals surface area contributed by atoms with E-state index in [2.05, 4.69) is 10.6 Å². The average molecular weight is 769 g/mol. The molecule has 0 spiro atoms. The van der Waals surface area contributed by atoms with Crippen molar-refractivity contribution < 1.29 is 43.4 Å². The molecule has 0 radical (unpaired) electrons. The third-order valence-corrected chi connectivity index (χ3v) is 9.21. The summed E-state index contributed by atoms with van der Waals surface area (Å²) in [6.45, 7) is 11.8. The number of carboxylic acids is 1. The number of benzene rings is 2. The first-order valence-corrected chi connectivity index (χ1v) is 19.1. The second kappa shape index (κ2) is 22.2. The Kier molecular flexibility index (Phi) is 18.9. The zero-order valence-electron chi connectivity index (χ0n) is 32.7. The van der Waals surface area contributed by atoms with Crippen molar-refractivity contribution in [3.8, 4) is 11.1 Å². The van der Waals surface area contributed by atoms with E-state index in [0.717, 1.165) is 24.0 Å². The fourth-order valence-corrected chi connectivity index (χ4v) is 6.23. The Morgan fingerprint density at radius 1 is 0.778 bits per heavy atom. The number of hydrogen-bond acceptors (Lipinski definition) is 8. The largest absolute Gasteiger partial charge is 0.480 e. The summed E-state index contributed by atoms with van der Waals surface area (Å²) in [6.07, 6.45) is 1.89. The van der Waals surface area contributed by atoms with Gasteiger partial charge in [-0.3, -0.25) is 28.8 Å². The topological polar surface area (TPSA) is 173 Å². The highest BCUT2D eigenvalue weighted by atomic mass is 35.5. The highest BCUT2D eigenvalue weighted by Crippen LogP contribution is 2.24. The van der Waals surface area contributed by atoms with Crippen molar-refractivity contribution in [1.82, 2.24) is 10.6 Å². The first-order chi connectivity index (χ1) is 25.3. The molecule has 2 aromatic carbocycles. The summed E-state index contributed by atoms with van der Waals surface area (Å²) < 4.78 is 6.05. The Labute approximate surface area is 324 Å². The minimum absolute atomic E-state index is 0.0551. The maximum Gasteiger partial charge on any atom is 0.326 e. The molecule has 12 heteroatoms. The zero-order chi connectivity index (χ0) is 40.6. The third kappa shape index (κ3) is 16.4. The van der Waals surface area contributed by atoms with Gasteiger partial charge in [-0.15, -0.1) is 0 Å². The van der Waals surface area contributed by atoms with Crippen LogP contribution in [0.2, 0.25) is 5.02 Å². The van der Waals surface area contributed by atoms with Gasteiger partial charge in [0.15, 0.2) is 11.6 Å². The number of carbonyl (C=O) groups excluding carboxylic acids is 6. The van der Waals surface area contributed by atoms with Gasteiger partial charge >= 0.3 is 5.97 Å². The van der Waals surface area contributed by atoms with Crippen molar-refractivity contribution in [2.45, 2.75) is 136 Å². The van der Waals surface area contributed by atoms with E-state index in [1.165, 1.54) is 13.8 Å². The van der Waals surface area contributed by atoms with Crippen molar-refractivity contribution in [1.29, 1.82) is 0 Å². The number of ketones is 4. The Bertz CT molecular complexity index is 1600. The summed E-state index contributed by atoms with van der Waals surface area (Å²) in [4.78, 5) is 89.5. The molecule has 0 aliphatic rings. The molecule has 11 nitrogen and oxygen atoms in total. The number of rotatable bonds is 24. The molecule has 1 unspecified atom stereocenters. The van der Waals surface area contributed by atoms with E-state index in [9.17, 15) is 38.7 Å². The van der Waals surface area contributed by atoms with Gasteiger partial charge in [0.1, 0.15) is 23.7 Å². The first kappa shape index (κ1) is 45.9. The van der Waals surface area contributed by atoms with E-state index in [0.29, 0.717) is 29.8 Å². The molecule has 5 atom stereocenters. The monoisotopic (exact) mass is 768 g/mol. The summed E-state index contributed by atoms with van der Waals surface area (Å²) in [5.41, 5.74) is 1.79. The summed E-state index contributed by atoms with van der Waals surface area (Å²) in [5, 5.41) is 15.2. The first-order valence-electron chi connectivity index (χ1n) is 18.8. The standard InChI is InChI=1S/C42H57ClN2O9/c1-8-9-10-12-32(25-34(47)13-11-14-36(48)31-17-15-29(16-18-31)30-19-21-33(43)22-20-30)40(51)45-38(28(4)54-42(5,6)7)37(49)23-26(2)39(50)44-35(41(52)53)24-27(3)46/h15-22,26,28,32,35,38H,8-14,23-25H2,1-7H3,(H,44,50)(H,45,51)(H,52,53)/t26-,28?,32-,35+,38+/m1/s1. The van der Waals surface area contributed by atoms with Gasteiger partial charge in [0.2, 0.25) is 11.8 Å². The lowest BCUT2D eigenvalue weighted by Gasteiger charge is -2.32. The number of amides is 2. The van der Waals surface area contributed by atoms with E-state index >= 15 is 0 Å². The number of nitrogens with one attached hydrogen (secondary N) is 2. The molecule has 2 aromatic rings. The lowest BCUT2D eigenvalue weighted by molar-refractivity contribution is -0.144. The number of halogens is 1. The van der Waals surface area contributed by atoms with Gasteiger partial charge in [0.05, 0.1) is 11.7 Å². The Morgan fingerprint density at radius 3 is 1.91 bits per heavy atom. The molecule has 0 bridgehead atoms. The van der Waals surface area contributed by atoms with Crippen LogP contribution in [0.25, 0.3) is 11.1 Å². The van der Waals surface area contributed by atoms with Gasteiger partial charge in [-0.2, -0.15) is 0 Å². The number of carbonyl (C=O) groups is 7. The van der Waals surface area contributed by atoms with Crippen LogP contribution in [0.4, 0.5) is 0 Å². The Hall–Kier alpha value is -4.22. The van der Waals surface area contributed by atoms with Gasteiger partial charge in [0, 0.05) is 54.5 Å². The van der Waals surface area contributed by atoms with Gasteiger partial charge in [-0.05, 0) is 70.7 Å². The molecule has 296 valence electrons. The van der Waals surface area contributed by atoms with Gasteiger partial charge in [-0.25, -0.2) is 4.79 Å². The van der Waals surface area contributed by atoms with Crippen LogP contribution in [0.15, 0.2) is 48.5 Å². The fourth-order valence-electron chi connectivity index (χ4n) is 6.10. The summed E-state index contributed by atoms with van der Waals surface area (Å²) in [6, 6.07) is 12.1. The molecule has 0 aliphatic heterocycles. The van der Waals surface area contributed by atoms with Gasteiger partial charge in [0.25, 0.3) is 0 Å². The smallest absolute Gasteiger partial charge is 0.326 e. The van der Waals surface area contributed by atoms with Crippen LogP contribution in [-0.2, 0) is 33.5 Å². The number of aliphatic carboxylic acids is 1. The molecule has 0 heterocycles. The van der Waals surface area contributed by atoms with Crippen LogP contribution in [0.3, 0.4) is 0 Å². The second-order valence-corrected chi connectivity index (χ2v) is 15.5. The molecular weight excluding hydrogens is 712 g/mol. The van der Waals surface area contributed by atoms with Gasteiger partial charge in [-0.1, -0.05) is 81.1 Å².